The minimum Gasteiger partial charge on any atom is -0.238 e. The maximum Gasteiger partial charge on any atom is 0.187 e. The van der Waals surface area contributed by atoms with Crippen LogP contribution in [-0.4, -0.2) is 0 Å². The number of aryl methyl sites for hydroxylation is 2. The predicted molar refractivity (Wildman–Crippen MR) is 124 cm³/mol. The van der Waals surface area contributed by atoms with Gasteiger partial charge in [-0.3, -0.25) is 0 Å². The average Bonchev–Trinajstić information content (AvgIpc) is 3.08. The molecule has 2 nitrogen and oxygen atoms in total. The van der Waals surface area contributed by atoms with Crippen LogP contribution in [0.2, 0.25) is 0 Å². The van der Waals surface area contributed by atoms with Gasteiger partial charge >= 0.3 is 0 Å². The number of hydrogen-bond donors (Lipinski definition) is 0. The Morgan fingerprint density at radius 2 is 1.19 bits per heavy atom. The van der Waals surface area contributed by atoms with Crippen LogP contribution in [0.25, 0.3) is 16.0 Å². The molecule has 4 aromatic carbocycles. The summed E-state index contributed by atoms with van der Waals surface area (Å²) in [5.74, 6) is 0. The molecule has 0 aromatic heterocycles. The monoisotopic (exact) mass is 396 g/mol. The molecule has 1 aliphatic rings. The third kappa shape index (κ3) is 2.70. The maximum atomic E-state index is 9.34. The first-order chi connectivity index (χ1) is 15.1. The number of fused-ring (bicyclic) bond motifs is 3. The van der Waals surface area contributed by atoms with Crippen molar-refractivity contribution in [2.24, 2.45) is 0 Å². The van der Waals surface area contributed by atoms with Crippen LogP contribution in [0, 0.1) is 31.8 Å². The number of nitrogens with zero attached hydrogens (tertiary/aromatic N) is 2. The van der Waals surface area contributed by atoms with Crippen molar-refractivity contribution in [3.8, 4) is 17.2 Å². The van der Waals surface area contributed by atoms with E-state index in [0.29, 0.717) is 11.3 Å². The molecule has 0 aliphatic heterocycles. The van der Waals surface area contributed by atoms with Gasteiger partial charge in [0.15, 0.2) is 5.69 Å². The maximum absolute atomic E-state index is 9.34. The smallest absolute Gasteiger partial charge is 0.187 e. The van der Waals surface area contributed by atoms with Gasteiger partial charge in [-0.25, -0.2) is 4.85 Å². The Hall–Kier alpha value is -4.14. The molecule has 0 saturated heterocycles. The van der Waals surface area contributed by atoms with Gasteiger partial charge < -0.3 is 0 Å². The van der Waals surface area contributed by atoms with E-state index in [2.05, 4.69) is 85.4 Å². The van der Waals surface area contributed by atoms with Gasteiger partial charge in [0.2, 0.25) is 0 Å². The van der Waals surface area contributed by atoms with Crippen LogP contribution in [0.5, 0.6) is 0 Å². The molecule has 0 N–H and O–H groups in total. The lowest BCUT2D eigenvalue weighted by molar-refractivity contribution is 0.766. The quantitative estimate of drug-likeness (QED) is 0.293. The van der Waals surface area contributed by atoms with Gasteiger partial charge in [0.1, 0.15) is 0 Å². The fourth-order valence-corrected chi connectivity index (χ4v) is 4.92. The molecule has 0 spiro atoms. The van der Waals surface area contributed by atoms with Crippen molar-refractivity contribution in [3.63, 3.8) is 0 Å². The van der Waals surface area contributed by atoms with E-state index < -0.39 is 5.41 Å². The summed E-state index contributed by atoms with van der Waals surface area (Å²) in [7, 11) is 0. The zero-order chi connectivity index (χ0) is 21.6. The fourth-order valence-electron chi connectivity index (χ4n) is 4.92. The largest absolute Gasteiger partial charge is 0.238 e. The second-order valence-corrected chi connectivity index (χ2v) is 8.20. The average molecular weight is 396 g/mol. The normalized spacial score (nSPS) is 13.0. The van der Waals surface area contributed by atoms with Crippen LogP contribution in [0.4, 0.5) is 5.69 Å². The topological polar surface area (TPSA) is 28.1 Å². The molecule has 146 valence electrons. The number of hydrogen-bond acceptors (Lipinski definition) is 1. The lowest BCUT2D eigenvalue weighted by Crippen LogP contribution is -2.28. The zero-order valence-corrected chi connectivity index (χ0v) is 17.5. The first-order valence-electron chi connectivity index (χ1n) is 10.3. The van der Waals surface area contributed by atoms with Crippen molar-refractivity contribution in [2.75, 3.05) is 0 Å². The highest BCUT2D eigenvalue weighted by Gasteiger charge is 2.46. The minimum absolute atomic E-state index is 0.503. The van der Waals surface area contributed by atoms with Gasteiger partial charge in [0.25, 0.3) is 0 Å². The lowest BCUT2D eigenvalue weighted by Gasteiger charge is -2.34. The molecular formula is C29H20N2. The predicted octanol–water partition coefficient (Wildman–Crippen LogP) is 7.09. The van der Waals surface area contributed by atoms with E-state index in [1.165, 1.54) is 33.4 Å². The second-order valence-electron chi connectivity index (χ2n) is 8.20. The molecule has 0 radical (unpaired) electrons. The molecule has 5 rings (SSSR count). The van der Waals surface area contributed by atoms with Crippen molar-refractivity contribution < 1.29 is 0 Å². The fraction of sp³-hybridized carbons (Fsp3) is 0.103. The summed E-state index contributed by atoms with van der Waals surface area (Å²) in [4.78, 5) is 3.59. The molecule has 4 aromatic rings. The van der Waals surface area contributed by atoms with Crippen LogP contribution in [0.1, 0.15) is 38.9 Å². The third-order valence-electron chi connectivity index (χ3n) is 6.32. The van der Waals surface area contributed by atoms with Crippen molar-refractivity contribution in [1.82, 2.24) is 0 Å². The highest BCUT2D eigenvalue weighted by Crippen LogP contribution is 2.56. The Labute approximate surface area is 182 Å². The van der Waals surface area contributed by atoms with E-state index >= 15 is 0 Å². The lowest BCUT2D eigenvalue weighted by atomic mass is 9.67. The van der Waals surface area contributed by atoms with Crippen LogP contribution >= 0.6 is 0 Å². The molecule has 0 amide bonds. The van der Waals surface area contributed by atoms with Crippen molar-refractivity contribution >= 4 is 5.69 Å². The van der Waals surface area contributed by atoms with Crippen molar-refractivity contribution in [2.45, 2.75) is 19.3 Å². The van der Waals surface area contributed by atoms with Gasteiger partial charge in [-0.05, 0) is 59.4 Å². The summed E-state index contributed by atoms with van der Waals surface area (Å²) in [6.07, 6.45) is 0. The molecule has 1 aliphatic carbocycles. The molecule has 2 heteroatoms. The first-order valence-corrected chi connectivity index (χ1v) is 10.3. The summed E-state index contributed by atoms with van der Waals surface area (Å²) < 4.78 is 0. The van der Waals surface area contributed by atoms with E-state index in [-0.39, 0.29) is 0 Å². The van der Waals surface area contributed by atoms with Crippen LogP contribution in [0.15, 0.2) is 84.9 Å². The summed E-state index contributed by atoms with van der Waals surface area (Å²) in [5.41, 5.74) is 10.4. The van der Waals surface area contributed by atoms with Gasteiger partial charge in [-0.15, -0.1) is 0 Å². The van der Waals surface area contributed by atoms with E-state index in [1.54, 1.807) is 0 Å². The molecule has 0 bridgehead atoms. The van der Waals surface area contributed by atoms with Gasteiger partial charge in [-0.1, -0.05) is 83.9 Å². The summed E-state index contributed by atoms with van der Waals surface area (Å²) in [5, 5.41) is 9.34. The molecule has 31 heavy (non-hydrogen) atoms. The van der Waals surface area contributed by atoms with Crippen molar-refractivity contribution in [1.29, 1.82) is 5.26 Å². The Morgan fingerprint density at radius 3 is 1.65 bits per heavy atom. The Morgan fingerprint density at radius 1 is 0.710 bits per heavy atom. The Balaban J connectivity index is 1.94. The van der Waals surface area contributed by atoms with E-state index in [1.807, 2.05) is 24.3 Å². The van der Waals surface area contributed by atoms with Crippen LogP contribution in [-0.2, 0) is 5.41 Å². The Bertz CT molecular complexity index is 1280. The van der Waals surface area contributed by atoms with Crippen molar-refractivity contribution in [3.05, 3.63) is 135 Å². The standard InChI is InChI=1S/C29H20N2/c1-19-4-14-25-26-15-5-20(2)17-28(26)29(27(25)16-19,22-8-6-21(18-30)7-9-22)23-10-12-24(31-3)13-11-23/h4-17H,1-2H3. The van der Waals surface area contributed by atoms with Gasteiger partial charge in [0, 0.05) is 0 Å². The molecule has 0 saturated carbocycles. The summed E-state index contributed by atoms with van der Waals surface area (Å²) in [6.45, 7) is 11.6. The molecule has 0 atom stereocenters. The molecular weight excluding hydrogens is 376 g/mol. The van der Waals surface area contributed by atoms with E-state index in [4.69, 9.17) is 6.57 Å². The minimum atomic E-state index is -0.503. The van der Waals surface area contributed by atoms with E-state index in [0.717, 1.165) is 11.1 Å². The number of nitriles is 1. The SMILES string of the molecule is [C-]#[N+]c1ccc(C2(c3ccc(C#N)cc3)c3cc(C)ccc3-c3ccc(C)cc32)cc1. The summed E-state index contributed by atoms with van der Waals surface area (Å²) in [6, 6.07) is 31.5. The Kier molecular flexibility index (Phi) is 4.25. The first kappa shape index (κ1) is 18.9. The highest BCUT2D eigenvalue weighted by atomic mass is 14.6. The van der Waals surface area contributed by atoms with Gasteiger partial charge in [-0.2, -0.15) is 5.26 Å². The highest BCUT2D eigenvalue weighted by molar-refractivity contribution is 5.87. The molecule has 0 unspecified atom stereocenters. The third-order valence-corrected chi connectivity index (χ3v) is 6.32. The number of benzene rings is 4. The van der Waals surface area contributed by atoms with Crippen LogP contribution < -0.4 is 0 Å². The van der Waals surface area contributed by atoms with Gasteiger partial charge in [0.05, 0.1) is 23.6 Å². The van der Waals surface area contributed by atoms with Crippen LogP contribution in [0.3, 0.4) is 0 Å². The van der Waals surface area contributed by atoms with E-state index in [9.17, 15) is 5.26 Å². The second kappa shape index (κ2) is 6.98. The molecule has 0 heterocycles. The zero-order valence-electron chi connectivity index (χ0n) is 17.5. The molecule has 0 fully saturated rings. The summed E-state index contributed by atoms with van der Waals surface area (Å²) >= 11 is 0. The number of rotatable bonds is 2.